The average molecular weight is 293 g/mol. The first-order valence-corrected chi connectivity index (χ1v) is 6.24. The zero-order valence-electron chi connectivity index (χ0n) is 11.5. The monoisotopic (exact) mass is 293 g/mol. The third-order valence-corrected chi connectivity index (χ3v) is 2.55. The molecule has 0 fully saturated rings. The number of anilines is 1. The van der Waals surface area contributed by atoms with Gasteiger partial charge >= 0.3 is 5.97 Å². The molecular formula is C14H15NO6. The minimum Gasteiger partial charge on any atom is -0.494 e. The van der Waals surface area contributed by atoms with Crippen molar-refractivity contribution in [1.29, 1.82) is 0 Å². The highest BCUT2D eigenvalue weighted by molar-refractivity contribution is 6.02. The van der Waals surface area contributed by atoms with Crippen molar-refractivity contribution in [2.45, 2.75) is 0 Å². The number of nitrogens with one attached hydrogen (secondary N) is 1. The second kappa shape index (κ2) is 7.18. The van der Waals surface area contributed by atoms with E-state index in [0.29, 0.717) is 24.7 Å². The van der Waals surface area contributed by atoms with Crippen LogP contribution in [0.2, 0.25) is 0 Å². The van der Waals surface area contributed by atoms with Crippen LogP contribution in [0.1, 0.15) is 0 Å². The van der Waals surface area contributed by atoms with Crippen molar-refractivity contribution in [3.63, 3.8) is 0 Å². The molecule has 1 aromatic carbocycles. The molecule has 0 bridgehead atoms. The number of ether oxygens (including phenoxy) is 4. The number of methoxy groups -OCH3 is 1. The molecule has 0 atom stereocenters. The Hall–Kier alpha value is -2.70. The fraction of sp³-hybridized carbons (Fsp3) is 0.286. The number of carbonyl (C=O) groups is 2. The van der Waals surface area contributed by atoms with Gasteiger partial charge in [-0.25, -0.2) is 4.79 Å². The average Bonchev–Trinajstić information content (AvgIpc) is 2.53. The molecule has 0 aromatic heterocycles. The fourth-order valence-electron chi connectivity index (χ4n) is 1.54. The molecule has 1 N–H and O–H groups in total. The molecule has 21 heavy (non-hydrogen) atoms. The van der Waals surface area contributed by atoms with E-state index in [4.69, 9.17) is 14.2 Å². The smallest absolute Gasteiger partial charge is 0.343 e. The summed E-state index contributed by atoms with van der Waals surface area (Å²) in [5, 5.41) is 2.65. The number of amides is 1. The molecule has 1 aromatic rings. The van der Waals surface area contributed by atoms with Gasteiger partial charge in [-0.3, -0.25) is 4.79 Å². The first kappa shape index (κ1) is 14.7. The van der Waals surface area contributed by atoms with Crippen LogP contribution >= 0.6 is 0 Å². The van der Waals surface area contributed by atoms with Crippen molar-refractivity contribution in [2.75, 3.05) is 32.2 Å². The molecule has 112 valence electrons. The highest BCUT2D eigenvalue weighted by Crippen LogP contribution is 2.18. The van der Waals surface area contributed by atoms with E-state index in [9.17, 15) is 9.59 Å². The maximum atomic E-state index is 11.9. The normalized spacial score (nSPS) is 13.3. The van der Waals surface area contributed by atoms with Gasteiger partial charge in [0.05, 0.1) is 7.11 Å². The predicted molar refractivity (Wildman–Crippen MR) is 72.6 cm³/mol. The molecule has 1 aliphatic rings. The van der Waals surface area contributed by atoms with Gasteiger partial charge in [0, 0.05) is 11.8 Å². The number of rotatable bonds is 5. The van der Waals surface area contributed by atoms with Gasteiger partial charge in [0.1, 0.15) is 25.2 Å². The Morgan fingerprint density at radius 2 is 2.19 bits per heavy atom. The third-order valence-electron chi connectivity index (χ3n) is 2.55. The molecule has 0 radical (unpaired) electrons. The molecular weight excluding hydrogens is 278 g/mol. The SMILES string of the molecule is COC(=O)COc1cccc(NC(=O)C2=COCCO2)c1. The molecule has 0 saturated heterocycles. The Morgan fingerprint density at radius 1 is 1.33 bits per heavy atom. The Balaban J connectivity index is 1.95. The van der Waals surface area contributed by atoms with Gasteiger partial charge in [0.25, 0.3) is 5.91 Å². The van der Waals surface area contributed by atoms with Crippen molar-refractivity contribution < 1.29 is 28.5 Å². The Labute approximate surface area is 121 Å². The van der Waals surface area contributed by atoms with E-state index >= 15 is 0 Å². The lowest BCUT2D eigenvalue weighted by Crippen LogP contribution is -2.21. The summed E-state index contributed by atoms with van der Waals surface area (Å²) in [5.74, 6) is -0.350. The van der Waals surface area contributed by atoms with Gasteiger partial charge in [-0.1, -0.05) is 6.07 Å². The van der Waals surface area contributed by atoms with Gasteiger partial charge < -0.3 is 24.3 Å². The van der Waals surface area contributed by atoms with Crippen LogP contribution in [-0.2, 0) is 23.8 Å². The molecule has 7 nitrogen and oxygen atoms in total. The van der Waals surface area contributed by atoms with E-state index in [1.54, 1.807) is 24.3 Å². The Morgan fingerprint density at radius 3 is 2.90 bits per heavy atom. The second-order valence-corrected chi connectivity index (χ2v) is 4.05. The summed E-state index contributed by atoms with van der Waals surface area (Å²) in [5.41, 5.74) is 0.512. The van der Waals surface area contributed by atoms with Gasteiger partial charge in [-0.2, -0.15) is 0 Å². The van der Waals surface area contributed by atoms with Crippen LogP contribution in [0.25, 0.3) is 0 Å². The number of hydrogen-bond donors (Lipinski definition) is 1. The van der Waals surface area contributed by atoms with E-state index in [1.165, 1.54) is 13.4 Å². The summed E-state index contributed by atoms with van der Waals surface area (Å²) in [6, 6.07) is 6.63. The minimum absolute atomic E-state index is 0.113. The lowest BCUT2D eigenvalue weighted by Gasteiger charge is -2.15. The zero-order valence-corrected chi connectivity index (χ0v) is 11.5. The topological polar surface area (TPSA) is 83.1 Å². The largest absolute Gasteiger partial charge is 0.494 e. The number of hydrogen-bond acceptors (Lipinski definition) is 6. The van der Waals surface area contributed by atoms with Crippen molar-refractivity contribution in [2.24, 2.45) is 0 Å². The fourth-order valence-corrected chi connectivity index (χ4v) is 1.54. The first-order valence-electron chi connectivity index (χ1n) is 6.24. The standard InChI is InChI=1S/C14H15NO6/c1-18-13(16)9-21-11-4-2-3-10(7-11)15-14(17)12-8-19-5-6-20-12/h2-4,7-8H,5-6,9H2,1H3,(H,15,17). The van der Waals surface area contributed by atoms with Crippen LogP contribution in [0, 0.1) is 0 Å². The maximum absolute atomic E-state index is 11.9. The van der Waals surface area contributed by atoms with Crippen LogP contribution < -0.4 is 10.1 Å². The van der Waals surface area contributed by atoms with Crippen molar-refractivity contribution >= 4 is 17.6 Å². The van der Waals surface area contributed by atoms with Crippen LogP contribution in [-0.4, -0.2) is 38.8 Å². The summed E-state index contributed by atoms with van der Waals surface area (Å²) in [4.78, 5) is 22.9. The second-order valence-electron chi connectivity index (χ2n) is 4.05. The molecule has 1 amide bonds. The lowest BCUT2D eigenvalue weighted by atomic mass is 10.3. The number of benzene rings is 1. The van der Waals surface area contributed by atoms with Crippen LogP contribution in [0.3, 0.4) is 0 Å². The zero-order chi connectivity index (χ0) is 15.1. The highest BCUT2D eigenvalue weighted by atomic mass is 16.6. The predicted octanol–water partition coefficient (Wildman–Crippen LogP) is 1.07. The van der Waals surface area contributed by atoms with Crippen molar-refractivity contribution in [3.8, 4) is 5.75 Å². The molecule has 1 heterocycles. The summed E-state index contributed by atoms with van der Waals surface area (Å²) in [6.07, 6.45) is 1.27. The quantitative estimate of drug-likeness (QED) is 0.817. The van der Waals surface area contributed by atoms with E-state index < -0.39 is 11.9 Å². The Kier molecular flexibility index (Phi) is 5.03. The van der Waals surface area contributed by atoms with Gasteiger partial charge in [-0.15, -0.1) is 0 Å². The lowest BCUT2D eigenvalue weighted by molar-refractivity contribution is -0.142. The Bertz CT molecular complexity index is 554. The molecule has 1 aliphatic heterocycles. The van der Waals surface area contributed by atoms with E-state index in [-0.39, 0.29) is 12.4 Å². The first-order chi connectivity index (χ1) is 10.2. The molecule has 2 rings (SSSR count). The summed E-state index contributed by atoms with van der Waals surface area (Å²) in [7, 11) is 1.28. The maximum Gasteiger partial charge on any atom is 0.343 e. The number of carbonyl (C=O) groups excluding carboxylic acids is 2. The van der Waals surface area contributed by atoms with Crippen molar-refractivity contribution in [3.05, 3.63) is 36.3 Å². The highest BCUT2D eigenvalue weighted by Gasteiger charge is 2.15. The molecule has 0 unspecified atom stereocenters. The molecule has 7 heteroatoms. The van der Waals surface area contributed by atoms with Crippen LogP contribution in [0.4, 0.5) is 5.69 Å². The summed E-state index contributed by atoms with van der Waals surface area (Å²) < 4.78 is 19.9. The third kappa shape index (κ3) is 4.41. The van der Waals surface area contributed by atoms with E-state index in [2.05, 4.69) is 10.1 Å². The van der Waals surface area contributed by atoms with Crippen molar-refractivity contribution in [1.82, 2.24) is 0 Å². The van der Waals surface area contributed by atoms with Gasteiger partial charge in [-0.05, 0) is 12.1 Å². The molecule has 0 spiro atoms. The summed E-state index contributed by atoms with van der Waals surface area (Å²) >= 11 is 0. The van der Waals surface area contributed by atoms with E-state index in [0.717, 1.165) is 0 Å². The van der Waals surface area contributed by atoms with Gasteiger partial charge in [0.15, 0.2) is 6.61 Å². The molecule has 0 aliphatic carbocycles. The molecule has 0 saturated carbocycles. The number of esters is 1. The summed E-state index contributed by atoms with van der Waals surface area (Å²) in [6.45, 7) is 0.561. The van der Waals surface area contributed by atoms with Crippen LogP contribution in [0.15, 0.2) is 36.3 Å². The minimum atomic E-state index is -0.484. The van der Waals surface area contributed by atoms with Crippen LogP contribution in [0.5, 0.6) is 5.75 Å². The van der Waals surface area contributed by atoms with Gasteiger partial charge in [0.2, 0.25) is 5.76 Å². The van der Waals surface area contributed by atoms with E-state index in [1.807, 2.05) is 0 Å².